The van der Waals surface area contributed by atoms with Gasteiger partial charge < -0.3 is 4.90 Å². The second-order valence-electron chi connectivity index (χ2n) is 4.36. The SMILES string of the molecule is CN(C(=O)c1cccc(CCl)c1)c1cccc(C#N)c1. The molecule has 0 heterocycles. The minimum Gasteiger partial charge on any atom is -0.311 e. The van der Waals surface area contributed by atoms with Crippen LogP contribution in [0, 0.1) is 11.3 Å². The van der Waals surface area contributed by atoms with E-state index in [1.807, 2.05) is 12.1 Å². The molecule has 0 fully saturated rings. The maximum absolute atomic E-state index is 12.4. The zero-order valence-electron chi connectivity index (χ0n) is 11.0. The molecule has 0 N–H and O–H groups in total. The topological polar surface area (TPSA) is 44.1 Å². The molecule has 2 rings (SSSR count). The van der Waals surface area contributed by atoms with E-state index in [9.17, 15) is 4.79 Å². The number of carbonyl (C=O) groups is 1. The van der Waals surface area contributed by atoms with Crippen LogP contribution in [0.2, 0.25) is 0 Å². The first-order valence-corrected chi connectivity index (χ1v) is 6.62. The fourth-order valence-electron chi connectivity index (χ4n) is 1.88. The van der Waals surface area contributed by atoms with E-state index in [1.54, 1.807) is 43.4 Å². The molecule has 0 aliphatic rings. The Bertz CT molecular complexity index is 676. The zero-order chi connectivity index (χ0) is 14.5. The predicted octanol–water partition coefficient (Wildman–Crippen LogP) is 3.57. The van der Waals surface area contributed by atoms with E-state index in [1.165, 1.54) is 4.90 Å². The first kappa shape index (κ1) is 14.1. The number of amides is 1. The molecular weight excluding hydrogens is 272 g/mol. The number of nitriles is 1. The maximum Gasteiger partial charge on any atom is 0.258 e. The third-order valence-electron chi connectivity index (χ3n) is 3.00. The van der Waals surface area contributed by atoms with E-state index < -0.39 is 0 Å². The van der Waals surface area contributed by atoms with Crippen molar-refractivity contribution in [2.24, 2.45) is 0 Å². The molecule has 2 aromatic carbocycles. The van der Waals surface area contributed by atoms with Gasteiger partial charge in [-0.3, -0.25) is 4.79 Å². The third-order valence-corrected chi connectivity index (χ3v) is 3.30. The molecule has 2 aromatic rings. The van der Waals surface area contributed by atoms with Gasteiger partial charge in [0.05, 0.1) is 11.6 Å². The molecule has 0 radical (unpaired) electrons. The number of nitrogens with zero attached hydrogens (tertiary/aromatic N) is 2. The van der Waals surface area contributed by atoms with Gasteiger partial charge in [0.1, 0.15) is 0 Å². The molecule has 0 saturated heterocycles. The molecule has 0 unspecified atom stereocenters. The number of alkyl halides is 1. The van der Waals surface area contributed by atoms with Crippen LogP contribution in [-0.2, 0) is 5.88 Å². The number of hydrogen-bond donors (Lipinski definition) is 0. The van der Waals surface area contributed by atoms with Crippen molar-refractivity contribution in [3.05, 3.63) is 65.2 Å². The Morgan fingerprint density at radius 1 is 1.25 bits per heavy atom. The summed E-state index contributed by atoms with van der Waals surface area (Å²) in [6.07, 6.45) is 0. The number of halogens is 1. The summed E-state index contributed by atoms with van der Waals surface area (Å²) >= 11 is 5.78. The summed E-state index contributed by atoms with van der Waals surface area (Å²) in [4.78, 5) is 13.9. The molecule has 0 atom stereocenters. The van der Waals surface area contributed by atoms with Crippen LogP contribution in [0.15, 0.2) is 48.5 Å². The van der Waals surface area contributed by atoms with Gasteiger partial charge in [-0.15, -0.1) is 11.6 Å². The van der Waals surface area contributed by atoms with Gasteiger partial charge in [-0.25, -0.2) is 0 Å². The number of anilines is 1. The van der Waals surface area contributed by atoms with Gasteiger partial charge >= 0.3 is 0 Å². The van der Waals surface area contributed by atoms with Gasteiger partial charge in [-0.2, -0.15) is 5.26 Å². The third kappa shape index (κ3) is 2.98. The summed E-state index contributed by atoms with van der Waals surface area (Å²) in [7, 11) is 1.69. The predicted molar refractivity (Wildman–Crippen MR) is 79.9 cm³/mol. The Balaban J connectivity index is 2.30. The van der Waals surface area contributed by atoms with Crippen LogP contribution < -0.4 is 4.90 Å². The van der Waals surface area contributed by atoms with Crippen molar-refractivity contribution in [2.45, 2.75) is 5.88 Å². The van der Waals surface area contributed by atoms with Crippen molar-refractivity contribution in [3.63, 3.8) is 0 Å². The van der Waals surface area contributed by atoms with Crippen molar-refractivity contribution in [3.8, 4) is 6.07 Å². The Morgan fingerprint density at radius 2 is 2.00 bits per heavy atom. The van der Waals surface area contributed by atoms with Crippen LogP contribution in [0.4, 0.5) is 5.69 Å². The molecule has 1 amide bonds. The van der Waals surface area contributed by atoms with E-state index in [2.05, 4.69) is 6.07 Å². The molecule has 100 valence electrons. The van der Waals surface area contributed by atoms with Crippen molar-refractivity contribution in [2.75, 3.05) is 11.9 Å². The van der Waals surface area contributed by atoms with E-state index in [0.29, 0.717) is 22.7 Å². The maximum atomic E-state index is 12.4. The first-order chi connectivity index (χ1) is 9.65. The fourth-order valence-corrected chi connectivity index (χ4v) is 2.05. The monoisotopic (exact) mass is 284 g/mol. The lowest BCUT2D eigenvalue weighted by molar-refractivity contribution is 0.0993. The highest BCUT2D eigenvalue weighted by Crippen LogP contribution is 2.18. The normalized spacial score (nSPS) is 9.85. The fraction of sp³-hybridized carbons (Fsp3) is 0.125. The highest BCUT2D eigenvalue weighted by atomic mass is 35.5. The van der Waals surface area contributed by atoms with Gasteiger partial charge in [-0.05, 0) is 35.9 Å². The average Bonchev–Trinajstić information content (AvgIpc) is 2.53. The van der Waals surface area contributed by atoms with E-state index >= 15 is 0 Å². The Kier molecular flexibility index (Phi) is 4.39. The molecule has 0 saturated carbocycles. The number of rotatable bonds is 3. The molecule has 0 aromatic heterocycles. The second-order valence-corrected chi connectivity index (χ2v) is 4.63. The van der Waals surface area contributed by atoms with Crippen LogP contribution in [-0.4, -0.2) is 13.0 Å². The van der Waals surface area contributed by atoms with Gasteiger partial charge in [0, 0.05) is 24.2 Å². The van der Waals surface area contributed by atoms with Gasteiger partial charge in [0.25, 0.3) is 5.91 Å². The van der Waals surface area contributed by atoms with Crippen molar-refractivity contribution < 1.29 is 4.79 Å². The summed E-state index contributed by atoms with van der Waals surface area (Å²) in [6, 6.07) is 16.2. The highest BCUT2D eigenvalue weighted by Gasteiger charge is 2.14. The van der Waals surface area contributed by atoms with Crippen molar-refractivity contribution in [1.82, 2.24) is 0 Å². The van der Waals surface area contributed by atoms with E-state index in [-0.39, 0.29) is 5.91 Å². The molecule has 0 spiro atoms. The van der Waals surface area contributed by atoms with Crippen molar-refractivity contribution in [1.29, 1.82) is 5.26 Å². The quantitative estimate of drug-likeness (QED) is 0.809. The van der Waals surface area contributed by atoms with Crippen LogP contribution in [0.3, 0.4) is 0 Å². The molecule has 0 bridgehead atoms. The lowest BCUT2D eigenvalue weighted by Gasteiger charge is -2.18. The number of benzene rings is 2. The number of carbonyl (C=O) groups excluding carboxylic acids is 1. The zero-order valence-corrected chi connectivity index (χ0v) is 11.8. The Morgan fingerprint density at radius 3 is 2.70 bits per heavy atom. The van der Waals surface area contributed by atoms with Gasteiger partial charge in [0.15, 0.2) is 0 Å². The first-order valence-electron chi connectivity index (χ1n) is 6.09. The van der Waals surface area contributed by atoms with Crippen LogP contribution in [0.1, 0.15) is 21.5 Å². The molecule has 0 aliphatic heterocycles. The smallest absolute Gasteiger partial charge is 0.258 e. The lowest BCUT2D eigenvalue weighted by Crippen LogP contribution is -2.26. The number of hydrogen-bond acceptors (Lipinski definition) is 2. The summed E-state index contributed by atoms with van der Waals surface area (Å²) in [6.45, 7) is 0. The largest absolute Gasteiger partial charge is 0.311 e. The Labute approximate surface area is 123 Å². The second kappa shape index (κ2) is 6.23. The van der Waals surface area contributed by atoms with Gasteiger partial charge in [-0.1, -0.05) is 18.2 Å². The molecule has 20 heavy (non-hydrogen) atoms. The van der Waals surface area contributed by atoms with Gasteiger partial charge in [0.2, 0.25) is 0 Å². The summed E-state index contributed by atoms with van der Waals surface area (Å²) in [5.74, 6) is 0.237. The minimum absolute atomic E-state index is 0.132. The Hall–Kier alpha value is -2.31. The molecule has 3 nitrogen and oxygen atoms in total. The van der Waals surface area contributed by atoms with Crippen LogP contribution in [0.5, 0.6) is 0 Å². The lowest BCUT2D eigenvalue weighted by atomic mass is 10.1. The highest BCUT2D eigenvalue weighted by molar-refractivity contribution is 6.17. The van der Waals surface area contributed by atoms with Crippen molar-refractivity contribution >= 4 is 23.2 Å². The molecule has 4 heteroatoms. The average molecular weight is 285 g/mol. The van der Waals surface area contributed by atoms with E-state index in [0.717, 1.165) is 5.56 Å². The van der Waals surface area contributed by atoms with Crippen LogP contribution in [0.25, 0.3) is 0 Å². The van der Waals surface area contributed by atoms with E-state index in [4.69, 9.17) is 16.9 Å². The summed E-state index contributed by atoms with van der Waals surface area (Å²) < 4.78 is 0. The standard InChI is InChI=1S/C16H13ClN2O/c1-19(15-7-3-5-13(9-15)11-18)16(20)14-6-2-4-12(8-14)10-17/h2-9H,10H2,1H3. The molecular formula is C16H13ClN2O. The summed E-state index contributed by atoms with van der Waals surface area (Å²) in [5, 5.41) is 8.90. The van der Waals surface area contributed by atoms with Crippen LogP contribution >= 0.6 is 11.6 Å². The molecule has 0 aliphatic carbocycles. The summed E-state index contributed by atoms with van der Waals surface area (Å²) in [5.41, 5.74) is 2.69. The minimum atomic E-state index is -0.132.